The summed E-state index contributed by atoms with van der Waals surface area (Å²) in [5, 5.41) is 0. The molecule has 1 atom stereocenters. The van der Waals surface area contributed by atoms with E-state index in [9.17, 15) is 13.2 Å². The first-order chi connectivity index (χ1) is 15.8. The Labute approximate surface area is 193 Å². The minimum atomic E-state index is -3.93. The van der Waals surface area contributed by atoms with Crippen molar-refractivity contribution in [3.05, 3.63) is 78.3 Å². The lowest BCUT2D eigenvalue weighted by Crippen LogP contribution is -2.46. The van der Waals surface area contributed by atoms with E-state index in [2.05, 4.69) is 0 Å². The number of fused-ring (bicyclic) bond motifs is 1. The minimum absolute atomic E-state index is 0.0563. The minimum Gasteiger partial charge on any atom is -0.486 e. The van der Waals surface area contributed by atoms with Gasteiger partial charge in [-0.3, -0.25) is 4.79 Å². The molecule has 0 bridgehead atoms. The molecule has 1 amide bonds. The van der Waals surface area contributed by atoms with Gasteiger partial charge in [-0.25, -0.2) is 8.42 Å². The lowest BCUT2D eigenvalue weighted by atomic mass is 10.2. The molecule has 0 N–H and O–H groups in total. The number of furan rings is 1. The normalized spacial score (nSPS) is 15.4. The summed E-state index contributed by atoms with van der Waals surface area (Å²) < 4.78 is 44.8. The van der Waals surface area contributed by atoms with Crippen LogP contribution in [0.1, 0.15) is 11.3 Å². The van der Waals surface area contributed by atoms with Gasteiger partial charge in [0.1, 0.15) is 12.4 Å². The molecule has 0 saturated carbocycles. The zero-order valence-electron chi connectivity index (χ0n) is 18.5. The van der Waals surface area contributed by atoms with Crippen LogP contribution in [0.15, 0.2) is 76.2 Å². The SMILES string of the molecule is Cc1ccc(S(=O)(=O)N(CC(=O)N(C)CC2COc3ccccc3O2)Cc2ccco2)cc1. The van der Waals surface area contributed by atoms with Gasteiger partial charge >= 0.3 is 0 Å². The van der Waals surface area contributed by atoms with Crippen LogP contribution in [0.2, 0.25) is 0 Å². The summed E-state index contributed by atoms with van der Waals surface area (Å²) in [4.78, 5) is 14.6. The zero-order chi connectivity index (χ0) is 23.4. The molecule has 174 valence electrons. The monoisotopic (exact) mass is 470 g/mol. The fourth-order valence-electron chi connectivity index (χ4n) is 3.49. The van der Waals surface area contributed by atoms with Crippen molar-refractivity contribution in [3.8, 4) is 11.5 Å². The molecule has 2 aromatic carbocycles. The number of hydrogen-bond donors (Lipinski definition) is 0. The van der Waals surface area contributed by atoms with E-state index in [1.807, 2.05) is 31.2 Å². The molecule has 1 aliphatic rings. The van der Waals surface area contributed by atoms with Crippen LogP contribution in [0.5, 0.6) is 11.5 Å². The summed E-state index contributed by atoms with van der Waals surface area (Å²) >= 11 is 0. The number of carbonyl (C=O) groups excluding carboxylic acids is 1. The number of benzene rings is 2. The predicted molar refractivity (Wildman–Crippen MR) is 121 cm³/mol. The van der Waals surface area contributed by atoms with Crippen LogP contribution < -0.4 is 9.47 Å². The average Bonchev–Trinajstić information content (AvgIpc) is 3.32. The van der Waals surface area contributed by atoms with Gasteiger partial charge in [-0.15, -0.1) is 0 Å². The van der Waals surface area contributed by atoms with Crippen molar-refractivity contribution in [1.29, 1.82) is 0 Å². The lowest BCUT2D eigenvalue weighted by molar-refractivity contribution is -0.131. The maximum absolute atomic E-state index is 13.3. The maximum Gasteiger partial charge on any atom is 0.243 e. The van der Waals surface area contributed by atoms with Crippen LogP contribution in [-0.4, -0.2) is 56.4 Å². The van der Waals surface area contributed by atoms with Crippen molar-refractivity contribution in [2.75, 3.05) is 26.7 Å². The standard InChI is InChI=1S/C24H26N2O6S/c1-18-9-11-21(12-10-18)33(28,29)26(15-19-6-5-13-30-19)16-24(27)25(2)14-20-17-31-22-7-3-4-8-23(22)32-20/h3-13,20H,14-17H2,1-2H3. The van der Waals surface area contributed by atoms with Crippen LogP contribution in [0.3, 0.4) is 0 Å². The molecule has 33 heavy (non-hydrogen) atoms. The Balaban J connectivity index is 1.47. The number of aryl methyl sites for hydroxylation is 1. The summed E-state index contributed by atoms with van der Waals surface area (Å²) in [6.45, 7) is 2.04. The highest BCUT2D eigenvalue weighted by molar-refractivity contribution is 7.89. The Bertz CT molecular complexity index is 1190. The van der Waals surface area contributed by atoms with Crippen LogP contribution >= 0.6 is 0 Å². The predicted octanol–water partition coefficient (Wildman–Crippen LogP) is 3.08. The fourth-order valence-corrected chi connectivity index (χ4v) is 4.85. The number of sulfonamides is 1. The van der Waals surface area contributed by atoms with Gasteiger partial charge in [0, 0.05) is 7.05 Å². The molecule has 8 nitrogen and oxygen atoms in total. The van der Waals surface area contributed by atoms with Gasteiger partial charge in [0.25, 0.3) is 0 Å². The summed E-state index contributed by atoms with van der Waals surface area (Å²) in [6.07, 6.45) is 1.11. The second kappa shape index (κ2) is 9.68. The van der Waals surface area contributed by atoms with Crippen molar-refractivity contribution in [2.45, 2.75) is 24.5 Å². The lowest BCUT2D eigenvalue weighted by Gasteiger charge is -2.30. The molecule has 0 fully saturated rings. The van der Waals surface area contributed by atoms with E-state index in [0.717, 1.165) is 9.87 Å². The molecule has 3 aromatic rings. The molecule has 0 saturated heterocycles. The van der Waals surface area contributed by atoms with Gasteiger partial charge in [0.2, 0.25) is 15.9 Å². The van der Waals surface area contributed by atoms with Crippen LogP contribution in [-0.2, 0) is 21.4 Å². The molecule has 9 heteroatoms. The fraction of sp³-hybridized carbons (Fsp3) is 0.292. The van der Waals surface area contributed by atoms with Gasteiger partial charge in [-0.05, 0) is 43.3 Å². The molecule has 0 spiro atoms. The molecular weight excluding hydrogens is 444 g/mol. The Morgan fingerprint density at radius 2 is 1.76 bits per heavy atom. The Morgan fingerprint density at radius 1 is 1.03 bits per heavy atom. The molecule has 1 aromatic heterocycles. The number of nitrogens with zero attached hydrogens (tertiary/aromatic N) is 2. The topological polar surface area (TPSA) is 89.3 Å². The zero-order valence-corrected chi connectivity index (χ0v) is 19.3. The van der Waals surface area contributed by atoms with Crippen molar-refractivity contribution >= 4 is 15.9 Å². The highest BCUT2D eigenvalue weighted by Crippen LogP contribution is 2.31. The van der Waals surface area contributed by atoms with E-state index in [-0.39, 0.29) is 36.5 Å². The van der Waals surface area contributed by atoms with Gasteiger partial charge in [-0.2, -0.15) is 4.31 Å². The first-order valence-electron chi connectivity index (χ1n) is 10.5. The number of amides is 1. The number of para-hydroxylation sites is 2. The quantitative estimate of drug-likeness (QED) is 0.503. The third kappa shape index (κ3) is 5.37. The number of rotatable bonds is 8. The van der Waals surface area contributed by atoms with Crippen molar-refractivity contribution in [1.82, 2.24) is 9.21 Å². The third-order valence-electron chi connectivity index (χ3n) is 5.35. The summed E-state index contributed by atoms with van der Waals surface area (Å²) in [5.74, 6) is 1.37. The van der Waals surface area contributed by atoms with E-state index in [0.29, 0.717) is 23.9 Å². The van der Waals surface area contributed by atoms with E-state index < -0.39 is 10.0 Å². The molecule has 2 heterocycles. The number of carbonyl (C=O) groups is 1. The van der Waals surface area contributed by atoms with Gasteiger partial charge in [0.15, 0.2) is 17.6 Å². The Kier molecular flexibility index (Phi) is 6.71. The number of likely N-dealkylation sites (N-methyl/N-ethyl adjacent to an activating group) is 1. The van der Waals surface area contributed by atoms with Crippen molar-refractivity contribution in [2.24, 2.45) is 0 Å². The van der Waals surface area contributed by atoms with E-state index in [1.54, 1.807) is 43.4 Å². The first-order valence-corrected chi connectivity index (χ1v) is 12.0. The maximum atomic E-state index is 13.3. The summed E-state index contributed by atoms with van der Waals surface area (Å²) in [6, 6.07) is 17.2. The van der Waals surface area contributed by atoms with Crippen molar-refractivity contribution in [3.63, 3.8) is 0 Å². The summed E-state index contributed by atoms with van der Waals surface area (Å²) in [5.41, 5.74) is 0.943. The smallest absolute Gasteiger partial charge is 0.243 e. The Morgan fingerprint density at radius 3 is 2.45 bits per heavy atom. The van der Waals surface area contributed by atoms with E-state index in [4.69, 9.17) is 13.9 Å². The molecule has 4 rings (SSSR count). The Hall–Kier alpha value is -3.30. The van der Waals surface area contributed by atoms with Crippen LogP contribution in [0.25, 0.3) is 0 Å². The summed E-state index contributed by atoms with van der Waals surface area (Å²) in [7, 11) is -2.30. The van der Waals surface area contributed by atoms with E-state index in [1.165, 1.54) is 11.2 Å². The largest absolute Gasteiger partial charge is 0.486 e. The second-order valence-electron chi connectivity index (χ2n) is 7.94. The molecular formula is C24H26N2O6S. The highest BCUT2D eigenvalue weighted by atomic mass is 32.2. The first kappa shape index (κ1) is 22.9. The second-order valence-corrected chi connectivity index (χ2v) is 9.88. The average molecular weight is 471 g/mol. The highest BCUT2D eigenvalue weighted by Gasteiger charge is 2.30. The van der Waals surface area contributed by atoms with Crippen molar-refractivity contribution < 1.29 is 27.1 Å². The van der Waals surface area contributed by atoms with Crippen LogP contribution in [0, 0.1) is 6.92 Å². The van der Waals surface area contributed by atoms with E-state index >= 15 is 0 Å². The molecule has 0 aliphatic carbocycles. The van der Waals surface area contributed by atoms with Gasteiger partial charge < -0.3 is 18.8 Å². The van der Waals surface area contributed by atoms with Gasteiger partial charge in [-0.1, -0.05) is 29.8 Å². The molecule has 1 unspecified atom stereocenters. The third-order valence-corrected chi connectivity index (χ3v) is 7.16. The molecule has 0 radical (unpaired) electrons. The molecule has 1 aliphatic heterocycles. The van der Waals surface area contributed by atoms with Gasteiger partial charge in [0.05, 0.1) is 30.8 Å². The van der Waals surface area contributed by atoms with Crippen LogP contribution in [0.4, 0.5) is 0 Å². The number of hydrogen-bond acceptors (Lipinski definition) is 6. The number of ether oxygens (including phenoxy) is 2.